The molecule has 0 atom stereocenters. The Kier molecular flexibility index (Phi) is 5.36. The summed E-state index contributed by atoms with van der Waals surface area (Å²) >= 11 is 1.63. The zero-order chi connectivity index (χ0) is 19.8. The number of rotatable bonds is 4. The second-order valence-corrected chi connectivity index (χ2v) is 9.53. The van der Waals surface area contributed by atoms with Crippen LogP contribution in [0.2, 0.25) is 0 Å². The van der Waals surface area contributed by atoms with Crippen molar-refractivity contribution < 1.29 is 9.80 Å². The first-order chi connectivity index (χ1) is 13.4. The SMILES string of the molecule is Cc1cc(C)cc(C[NH+]2CC[NH+](Cc3nc4sc(C)c(C)c4c(=O)[nH]3)CC2)c1. The Morgan fingerprint density at radius 2 is 1.57 bits per heavy atom. The Hall–Kier alpha value is -2.02. The smallest absolute Gasteiger partial charge is 0.260 e. The lowest BCUT2D eigenvalue weighted by molar-refractivity contribution is -1.02. The molecule has 1 aromatic carbocycles. The summed E-state index contributed by atoms with van der Waals surface area (Å²) in [6.45, 7) is 14.9. The maximum atomic E-state index is 12.5. The van der Waals surface area contributed by atoms with Crippen LogP contribution in [0, 0.1) is 27.7 Å². The Labute approximate surface area is 170 Å². The lowest BCUT2D eigenvalue weighted by Crippen LogP contribution is -3.27. The van der Waals surface area contributed by atoms with Crippen LogP contribution in [-0.4, -0.2) is 36.1 Å². The summed E-state index contributed by atoms with van der Waals surface area (Å²) in [6, 6.07) is 6.87. The van der Waals surface area contributed by atoms with Crippen molar-refractivity contribution >= 4 is 21.6 Å². The van der Waals surface area contributed by atoms with Crippen molar-refractivity contribution in [3.8, 4) is 0 Å². The van der Waals surface area contributed by atoms with Gasteiger partial charge in [-0.15, -0.1) is 11.3 Å². The third kappa shape index (κ3) is 4.04. The molecule has 2 aromatic heterocycles. The normalized spacial score (nSPS) is 20.0. The van der Waals surface area contributed by atoms with Gasteiger partial charge in [-0.05, 0) is 33.3 Å². The van der Waals surface area contributed by atoms with Crippen LogP contribution in [0.1, 0.15) is 33.0 Å². The summed E-state index contributed by atoms with van der Waals surface area (Å²) in [5.74, 6) is 0.825. The predicted molar refractivity (Wildman–Crippen MR) is 114 cm³/mol. The molecule has 4 rings (SSSR count). The van der Waals surface area contributed by atoms with Crippen molar-refractivity contribution in [1.29, 1.82) is 0 Å². The molecule has 0 aliphatic carbocycles. The van der Waals surface area contributed by atoms with Crippen molar-refractivity contribution in [2.75, 3.05) is 26.2 Å². The standard InChI is InChI=1S/C22H28N4OS/c1-14-9-15(2)11-18(10-14)12-25-5-7-26(8-6-25)13-19-23-21(27)20-16(3)17(4)28-22(20)24-19/h9-11H,5-8,12-13H2,1-4H3,(H,23,24,27)/p+2. The van der Waals surface area contributed by atoms with E-state index < -0.39 is 0 Å². The molecule has 1 aliphatic rings. The quantitative estimate of drug-likeness (QED) is 0.606. The fourth-order valence-corrected chi connectivity index (χ4v) is 5.44. The number of nitrogens with one attached hydrogen (secondary N) is 3. The van der Waals surface area contributed by atoms with Crippen LogP contribution in [-0.2, 0) is 13.1 Å². The molecule has 0 unspecified atom stereocenters. The van der Waals surface area contributed by atoms with E-state index in [1.165, 1.54) is 26.5 Å². The number of hydrogen-bond donors (Lipinski definition) is 3. The molecule has 5 nitrogen and oxygen atoms in total. The van der Waals surface area contributed by atoms with Gasteiger partial charge < -0.3 is 14.8 Å². The van der Waals surface area contributed by atoms with Crippen LogP contribution in [0.5, 0.6) is 0 Å². The fourth-order valence-electron chi connectivity index (χ4n) is 4.39. The van der Waals surface area contributed by atoms with E-state index in [1.54, 1.807) is 16.2 Å². The Morgan fingerprint density at radius 1 is 0.964 bits per heavy atom. The van der Waals surface area contributed by atoms with Gasteiger partial charge in [-0.2, -0.15) is 0 Å². The number of aromatic nitrogens is 2. The van der Waals surface area contributed by atoms with Gasteiger partial charge in [0.1, 0.15) is 44.1 Å². The van der Waals surface area contributed by atoms with Gasteiger partial charge in [0.15, 0.2) is 5.82 Å². The van der Waals surface area contributed by atoms with Gasteiger partial charge in [-0.3, -0.25) is 4.79 Å². The summed E-state index contributed by atoms with van der Waals surface area (Å²) in [5, 5.41) is 0.768. The number of fused-ring (bicyclic) bond motifs is 1. The van der Waals surface area contributed by atoms with E-state index in [-0.39, 0.29) is 5.56 Å². The number of nitrogens with zero attached hydrogens (tertiary/aromatic N) is 1. The van der Waals surface area contributed by atoms with E-state index in [0.717, 1.165) is 60.9 Å². The molecule has 0 saturated carbocycles. The first-order valence-corrected chi connectivity index (χ1v) is 10.9. The van der Waals surface area contributed by atoms with E-state index in [1.807, 2.05) is 6.92 Å². The van der Waals surface area contributed by atoms with Crippen LogP contribution in [0.15, 0.2) is 23.0 Å². The molecule has 0 radical (unpaired) electrons. The van der Waals surface area contributed by atoms with E-state index in [9.17, 15) is 4.79 Å². The number of quaternary nitrogens is 2. The highest BCUT2D eigenvalue weighted by molar-refractivity contribution is 7.18. The molecule has 6 heteroatoms. The summed E-state index contributed by atoms with van der Waals surface area (Å²) < 4.78 is 0. The van der Waals surface area contributed by atoms with Crippen LogP contribution in [0.4, 0.5) is 0 Å². The Morgan fingerprint density at radius 3 is 2.21 bits per heavy atom. The lowest BCUT2D eigenvalue weighted by Gasteiger charge is -2.29. The van der Waals surface area contributed by atoms with E-state index in [0.29, 0.717) is 0 Å². The average Bonchev–Trinajstić information content (AvgIpc) is 2.90. The number of aryl methyl sites for hydroxylation is 4. The summed E-state index contributed by atoms with van der Waals surface area (Å²) in [6.07, 6.45) is 0. The first-order valence-electron chi connectivity index (χ1n) is 10.1. The monoisotopic (exact) mass is 398 g/mol. The minimum atomic E-state index is 0.0142. The molecule has 148 valence electrons. The van der Waals surface area contributed by atoms with Crippen LogP contribution in [0.25, 0.3) is 10.2 Å². The highest BCUT2D eigenvalue weighted by atomic mass is 32.1. The van der Waals surface area contributed by atoms with E-state index in [4.69, 9.17) is 4.98 Å². The van der Waals surface area contributed by atoms with Crippen LogP contribution >= 0.6 is 11.3 Å². The molecule has 3 N–H and O–H groups in total. The zero-order valence-corrected chi connectivity index (χ0v) is 18.1. The van der Waals surface area contributed by atoms with Gasteiger partial charge >= 0.3 is 0 Å². The van der Waals surface area contributed by atoms with Crippen molar-refractivity contribution in [3.05, 3.63) is 61.5 Å². The molecule has 3 aromatic rings. The van der Waals surface area contributed by atoms with Gasteiger partial charge in [0.25, 0.3) is 5.56 Å². The minimum absolute atomic E-state index is 0.0142. The fraction of sp³-hybridized carbons (Fsp3) is 0.455. The Bertz CT molecular complexity index is 1040. The summed E-state index contributed by atoms with van der Waals surface area (Å²) in [7, 11) is 0. The second-order valence-electron chi connectivity index (χ2n) is 8.33. The minimum Gasteiger partial charge on any atom is -0.322 e. The molecule has 1 fully saturated rings. The third-order valence-electron chi connectivity index (χ3n) is 5.91. The maximum absolute atomic E-state index is 12.5. The number of thiophene rings is 1. The second kappa shape index (κ2) is 7.78. The highest BCUT2D eigenvalue weighted by Gasteiger charge is 2.24. The first kappa shape index (κ1) is 19.3. The Balaban J connectivity index is 1.39. The molecule has 3 heterocycles. The topological polar surface area (TPSA) is 54.6 Å². The molecule has 0 amide bonds. The van der Waals surface area contributed by atoms with Crippen LogP contribution < -0.4 is 15.4 Å². The summed E-state index contributed by atoms with van der Waals surface area (Å²) in [4.78, 5) is 25.5. The van der Waals surface area contributed by atoms with Gasteiger partial charge in [-0.1, -0.05) is 29.3 Å². The number of aromatic amines is 1. The van der Waals surface area contributed by atoms with Crippen LogP contribution in [0.3, 0.4) is 0 Å². The average molecular weight is 399 g/mol. The third-order valence-corrected chi connectivity index (χ3v) is 7.01. The number of piperazine rings is 1. The van der Waals surface area contributed by atoms with Crippen molar-refractivity contribution in [3.63, 3.8) is 0 Å². The van der Waals surface area contributed by atoms with E-state index >= 15 is 0 Å². The summed E-state index contributed by atoms with van der Waals surface area (Å²) in [5.41, 5.74) is 5.22. The van der Waals surface area contributed by atoms with Gasteiger partial charge in [0.2, 0.25) is 0 Å². The maximum Gasteiger partial charge on any atom is 0.260 e. The molecule has 0 bridgehead atoms. The lowest BCUT2D eigenvalue weighted by atomic mass is 10.1. The van der Waals surface area contributed by atoms with Gasteiger partial charge in [0, 0.05) is 10.4 Å². The largest absolute Gasteiger partial charge is 0.322 e. The predicted octanol–water partition coefficient (Wildman–Crippen LogP) is 0.702. The van der Waals surface area contributed by atoms with E-state index in [2.05, 4.69) is 44.0 Å². The van der Waals surface area contributed by atoms with Crippen molar-refractivity contribution in [2.24, 2.45) is 0 Å². The number of hydrogen-bond acceptors (Lipinski definition) is 3. The number of H-pyrrole nitrogens is 1. The van der Waals surface area contributed by atoms with Crippen molar-refractivity contribution in [1.82, 2.24) is 9.97 Å². The highest BCUT2D eigenvalue weighted by Crippen LogP contribution is 2.25. The molecular weight excluding hydrogens is 368 g/mol. The molecule has 1 saturated heterocycles. The number of benzene rings is 1. The zero-order valence-electron chi connectivity index (χ0n) is 17.2. The van der Waals surface area contributed by atoms with Gasteiger partial charge in [-0.25, -0.2) is 4.98 Å². The van der Waals surface area contributed by atoms with Crippen molar-refractivity contribution in [2.45, 2.75) is 40.8 Å². The molecule has 0 spiro atoms. The van der Waals surface area contributed by atoms with Gasteiger partial charge in [0.05, 0.1) is 5.39 Å². The molecular formula is C22H30N4OS+2. The molecule has 28 heavy (non-hydrogen) atoms. The molecule has 1 aliphatic heterocycles.